The molecule has 28 heteroatoms. The lowest BCUT2D eigenvalue weighted by atomic mass is 9.47. The first-order valence-electron chi connectivity index (χ1n) is 29.8. The number of methoxy groups -OCH3 is 1. The topological polar surface area (TPSA) is 405 Å². The van der Waals surface area contributed by atoms with Crippen molar-refractivity contribution in [3.63, 3.8) is 0 Å². The molecule has 0 aromatic heterocycles. The molecule has 0 amide bonds. The van der Waals surface area contributed by atoms with E-state index in [2.05, 4.69) is 19.9 Å². The molecule has 0 bridgehead atoms. The summed E-state index contributed by atoms with van der Waals surface area (Å²) < 4.78 is 107. The molecule has 9 aliphatic rings. The quantitative estimate of drug-likeness (QED) is 0.0609. The first-order valence-corrected chi connectivity index (χ1v) is 31.2. The summed E-state index contributed by atoms with van der Waals surface area (Å²) in [5, 5.41) is 125. The molecule has 27 nitrogen and oxygen atoms in total. The van der Waals surface area contributed by atoms with Crippen molar-refractivity contribution in [1.82, 2.24) is 0 Å². The number of carbonyl (C=O) groups is 1. The zero-order chi connectivity index (χ0) is 62.3. The summed E-state index contributed by atoms with van der Waals surface area (Å²) >= 11 is 0. The second-order valence-electron chi connectivity index (χ2n) is 26.2. The third-order valence-corrected chi connectivity index (χ3v) is 21.0. The van der Waals surface area contributed by atoms with Gasteiger partial charge in [-0.2, -0.15) is 8.42 Å². The summed E-state index contributed by atoms with van der Waals surface area (Å²) in [4.78, 5) is 13.8. The number of Topliss-reactive ketones (excluding diaryl/α,β-unsaturated/α-hetero) is 1. The number of hydrogen-bond donors (Lipinski definition) is 12. The second kappa shape index (κ2) is 26.0. The minimum atomic E-state index is -4.88. The van der Waals surface area contributed by atoms with Gasteiger partial charge in [0.05, 0.1) is 43.2 Å². The number of aliphatic hydroxyl groups excluding tert-OH is 10. The van der Waals surface area contributed by atoms with Crippen molar-refractivity contribution in [3.8, 4) is 0 Å². The van der Waals surface area contributed by atoms with Crippen LogP contribution in [0.2, 0.25) is 0 Å². The Morgan fingerprint density at radius 1 is 0.635 bits per heavy atom. The lowest BCUT2D eigenvalue weighted by Gasteiger charge is -2.60. The molecule has 5 heterocycles. The fourth-order valence-electron chi connectivity index (χ4n) is 15.5. The number of ether oxygens (including phenoxy) is 11. The Kier molecular flexibility index (Phi) is 20.7. The monoisotopic (exact) mass is 1240 g/mol. The molecule has 0 aromatic rings. The van der Waals surface area contributed by atoms with Crippen LogP contribution in [0.15, 0.2) is 23.3 Å². The van der Waals surface area contributed by atoms with E-state index in [1.165, 1.54) is 34.8 Å². The average molecular weight is 1240 g/mol. The lowest BCUT2D eigenvalue weighted by Crippen LogP contribution is -2.67. The number of ketones is 1. The van der Waals surface area contributed by atoms with Crippen molar-refractivity contribution in [2.45, 2.75) is 279 Å². The number of carbonyl (C=O) groups excluding carboxylic acids is 1. The third kappa shape index (κ3) is 13.2. The van der Waals surface area contributed by atoms with Crippen LogP contribution in [0.4, 0.5) is 0 Å². The van der Waals surface area contributed by atoms with Crippen LogP contribution in [0.1, 0.15) is 114 Å². The molecular formula is C57H92O27S. The first kappa shape index (κ1) is 67.5. The number of allylic oxidation sites excluding steroid dienone is 4. The maximum atomic E-state index is 13.8. The molecule has 1 unspecified atom stereocenters. The Labute approximate surface area is 495 Å². The molecule has 3 saturated carbocycles. The van der Waals surface area contributed by atoms with Gasteiger partial charge in [0.15, 0.2) is 37.2 Å². The van der Waals surface area contributed by atoms with Crippen LogP contribution in [-0.2, 0) is 71.5 Å². The number of aliphatic hydroxyl groups is 11. The maximum Gasteiger partial charge on any atom is 0.397 e. The summed E-state index contributed by atoms with van der Waals surface area (Å²) in [7, 11) is -3.63. The molecule has 5 aliphatic heterocycles. The predicted molar refractivity (Wildman–Crippen MR) is 289 cm³/mol. The summed E-state index contributed by atoms with van der Waals surface area (Å²) in [5.74, 6) is -1.38. The zero-order valence-electron chi connectivity index (χ0n) is 49.7. The molecule has 488 valence electrons. The van der Waals surface area contributed by atoms with Crippen molar-refractivity contribution in [3.05, 3.63) is 23.3 Å². The fourth-order valence-corrected chi connectivity index (χ4v) is 16.0. The van der Waals surface area contributed by atoms with Crippen molar-refractivity contribution in [2.24, 2.45) is 34.5 Å². The van der Waals surface area contributed by atoms with Crippen LogP contribution in [-0.4, -0.2) is 254 Å². The van der Waals surface area contributed by atoms with Gasteiger partial charge in [0.2, 0.25) is 0 Å². The molecule has 0 radical (unpaired) electrons. The molecular weight excluding hydrogens is 1150 g/mol. The van der Waals surface area contributed by atoms with E-state index in [1.54, 1.807) is 6.92 Å². The smallest absolute Gasteiger partial charge is 0.388 e. The van der Waals surface area contributed by atoms with E-state index in [0.717, 1.165) is 11.1 Å². The Balaban J connectivity index is 0.988. The van der Waals surface area contributed by atoms with E-state index < -0.39 is 205 Å². The molecule has 0 aromatic carbocycles. The number of hydrogen-bond acceptors (Lipinski definition) is 26. The van der Waals surface area contributed by atoms with Gasteiger partial charge in [-0.3, -0.25) is 9.35 Å². The van der Waals surface area contributed by atoms with Gasteiger partial charge in [-0.05, 0) is 122 Å². The SMILES string of the molecule is CO[C@@H]1[C@@H](O)[C@H](O[C@H]2[C@H](O[C@@H]3[C@@H](O)[C@H](O[C@H]4C[C@@H]5C(=CC[C@@]6(C)[C@H]5CC[C@@H]6[C@@](C)(O)C(=O)CC=C(C)C)[C@@]5(C)CC[C@H](OS(=O)(=O)O)CC45)O[C@H](C)[C@H]3O)OC[C@@H](O[C@@H]3O[C@H](C)[C@@H](O)[C@H](O)[C@H]3O[C@@H]3O[C@H](C)[C@H](O)[C@H](O)[C@H]3O)[C@@H]2O)O[C@H](C)[C@H]1O. The van der Waals surface area contributed by atoms with Crippen molar-refractivity contribution in [2.75, 3.05) is 13.7 Å². The highest BCUT2D eigenvalue weighted by atomic mass is 32.3. The normalized spacial score (nSPS) is 51.1. The highest BCUT2D eigenvalue weighted by molar-refractivity contribution is 7.80. The van der Waals surface area contributed by atoms with Gasteiger partial charge in [0.1, 0.15) is 97.2 Å². The molecule has 5 saturated heterocycles. The number of rotatable bonds is 17. The second-order valence-corrected chi connectivity index (χ2v) is 27.3. The van der Waals surface area contributed by atoms with Crippen LogP contribution in [0.25, 0.3) is 0 Å². The highest BCUT2D eigenvalue weighted by Gasteiger charge is 2.64. The van der Waals surface area contributed by atoms with Crippen molar-refractivity contribution < 1.29 is 130 Å². The van der Waals surface area contributed by atoms with E-state index >= 15 is 0 Å². The molecule has 4 aliphatic carbocycles. The fraction of sp³-hybridized carbons (Fsp3) is 0.912. The Hall–Kier alpha value is -1.86. The van der Waals surface area contributed by atoms with Gasteiger partial charge in [-0.1, -0.05) is 37.1 Å². The van der Waals surface area contributed by atoms with Crippen LogP contribution in [0.5, 0.6) is 0 Å². The predicted octanol–water partition coefficient (Wildman–Crippen LogP) is -1.07. The van der Waals surface area contributed by atoms with Gasteiger partial charge in [-0.15, -0.1) is 0 Å². The third-order valence-electron chi connectivity index (χ3n) is 20.5. The van der Waals surface area contributed by atoms with E-state index in [9.17, 15) is 73.9 Å². The Morgan fingerprint density at radius 2 is 1.16 bits per heavy atom. The van der Waals surface area contributed by atoms with Crippen LogP contribution in [0, 0.1) is 34.5 Å². The minimum absolute atomic E-state index is 0.0450. The highest BCUT2D eigenvalue weighted by Crippen LogP contribution is 2.67. The van der Waals surface area contributed by atoms with E-state index in [1.807, 2.05) is 19.9 Å². The van der Waals surface area contributed by atoms with Gasteiger partial charge in [-0.25, -0.2) is 4.18 Å². The summed E-state index contributed by atoms with van der Waals surface area (Å²) in [5.41, 5.74) is -0.724. The molecule has 0 spiro atoms. The molecule has 9 rings (SSSR count). The summed E-state index contributed by atoms with van der Waals surface area (Å²) in [6, 6.07) is 0. The Bertz CT molecular complexity index is 2480. The molecule has 8 fully saturated rings. The van der Waals surface area contributed by atoms with E-state index in [0.29, 0.717) is 32.1 Å². The molecule has 85 heavy (non-hydrogen) atoms. The van der Waals surface area contributed by atoms with E-state index in [4.69, 9.17) is 56.3 Å². The lowest BCUT2D eigenvalue weighted by molar-refractivity contribution is -0.398. The molecule has 12 N–H and O–H groups in total. The zero-order valence-corrected chi connectivity index (χ0v) is 50.6. The largest absolute Gasteiger partial charge is 0.397 e. The van der Waals surface area contributed by atoms with E-state index in [-0.39, 0.29) is 36.9 Å². The summed E-state index contributed by atoms with van der Waals surface area (Å²) in [6.07, 6.45) is -32.4. The molecule has 33 atom stereocenters. The van der Waals surface area contributed by atoms with Gasteiger partial charge >= 0.3 is 10.4 Å². The first-order chi connectivity index (χ1) is 39.7. The van der Waals surface area contributed by atoms with Crippen LogP contribution >= 0.6 is 0 Å². The van der Waals surface area contributed by atoms with Crippen molar-refractivity contribution in [1.29, 1.82) is 0 Å². The van der Waals surface area contributed by atoms with Crippen molar-refractivity contribution >= 4 is 16.2 Å². The average Bonchev–Trinajstić information content (AvgIpc) is 1.70. The number of fused-ring (bicyclic) bond motifs is 5. The van der Waals surface area contributed by atoms with Gasteiger partial charge < -0.3 is 108 Å². The maximum absolute atomic E-state index is 13.8. The Morgan fingerprint density at radius 3 is 1.78 bits per heavy atom. The van der Waals surface area contributed by atoms with Crippen LogP contribution < -0.4 is 0 Å². The van der Waals surface area contributed by atoms with Crippen LogP contribution in [0.3, 0.4) is 0 Å². The minimum Gasteiger partial charge on any atom is -0.388 e. The van der Waals surface area contributed by atoms with Gasteiger partial charge in [0.25, 0.3) is 0 Å². The summed E-state index contributed by atoms with van der Waals surface area (Å²) in [6.45, 7) is 14.8. The van der Waals surface area contributed by atoms with Gasteiger partial charge in [0, 0.05) is 19.4 Å². The standard InChI is InChI=1S/C57H92O27S/c1-22(2)11-14-35(58)57(9,69)34-13-12-29-28-20-32(31-19-27(84-85(70,71)72)15-17-55(31,7)30(28)16-18-56(29,34)8)79-51-45(68)47(39(62)26(6)76-51)81-53-48(82-52-44(67)46(73-10)38(61)25(5)77-52)40(63)33(21-74-53)80-54-49(42(65)37(60)24(4)78-54)83-50-43(66)41(64)36(59)23(3)75-50/h11,16,23-29,31-34,36-54,59-69H,12-15,17-21H2,1-10H3,(H,70,71,72)/t23-,24-,25-,26-,27+,28+,29+,31?,32+,33-,34+,36+,37-,38-,39-,40+,41+,42+,43-,44-,45-,46+,47+,48-,49-,50+,51+,52+,53+,54+,55-,56+,57-/m1/s1.